The second kappa shape index (κ2) is 11.4. The highest BCUT2D eigenvalue weighted by Crippen LogP contribution is 2.30. The first-order valence-electron chi connectivity index (χ1n) is 10.9. The predicted molar refractivity (Wildman–Crippen MR) is 137 cm³/mol. The number of rotatable bonds is 10. The summed E-state index contributed by atoms with van der Waals surface area (Å²) in [6, 6.07) is 20.7. The average molecular weight is 510 g/mol. The van der Waals surface area contributed by atoms with E-state index in [0.29, 0.717) is 11.3 Å². The lowest BCUT2D eigenvalue weighted by atomic mass is 9.88. The minimum atomic E-state index is -3.97. The molecule has 2 atom stereocenters. The number of carboxylic acid groups (broad SMARTS) is 1. The van der Waals surface area contributed by atoms with Gasteiger partial charge in [0.15, 0.2) is 5.96 Å². The number of hydrogen-bond acceptors (Lipinski definition) is 5. The first-order chi connectivity index (χ1) is 17.0. The SMILES string of the molecule is CC(NC(=O)CC(c1ccccc1)c1cccc(NS(=O)(=O)c2cccc(N=C(N)N)c2)c1)C(=O)O. The molecular weight excluding hydrogens is 482 g/mol. The average Bonchev–Trinajstić information content (AvgIpc) is 2.82. The van der Waals surface area contributed by atoms with E-state index in [4.69, 9.17) is 16.6 Å². The largest absolute Gasteiger partial charge is 0.480 e. The normalized spacial score (nSPS) is 12.7. The van der Waals surface area contributed by atoms with Crippen LogP contribution in [0.2, 0.25) is 0 Å². The third kappa shape index (κ3) is 7.06. The smallest absolute Gasteiger partial charge is 0.325 e. The second-order valence-electron chi connectivity index (χ2n) is 8.06. The van der Waals surface area contributed by atoms with E-state index in [2.05, 4.69) is 15.0 Å². The Labute approximate surface area is 209 Å². The first-order valence-corrected chi connectivity index (χ1v) is 12.4. The van der Waals surface area contributed by atoms with E-state index in [1.807, 2.05) is 30.3 Å². The van der Waals surface area contributed by atoms with Crippen molar-refractivity contribution < 1.29 is 23.1 Å². The number of hydrogen-bond donors (Lipinski definition) is 5. The number of nitrogens with one attached hydrogen (secondary N) is 2. The fraction of sp³-hybridized carbons (Fsp3) is 0.160. The third-order valence-electron chi connectivity index (χ3n) is 5.27. The van der Waals surface area contributed by atoms with Crippen molar-refractivity contribution in [2.75, 3.05) is 4.72 Å². The molecule has 3 aromatic rings. The van der Waals surface area contributed by atoms with Crippen molar-refractivity contribution in [3.8, 4) is 0 Å². The molecule has 0 saturated carbocycles. The van der Waals surface area contributed by atoms with Crippen molar-refractivity contribution in [1.29, 1.82) is 0 Å². The summed E-state index contributed by atoms with van der Waals surface area (Å²) in [5.41, 5.74) is 12.8. The Morgan fingerprint density at radius 3 is 2.28 bits per heavy atom. The molecular formula is C25H27N5O5S. The van der Waals surface area contributed by atoms with Crippen molar-refractivity contribution in [3.63, 3.8) is 0 Å². The number of benzene rings is 3. The Kier molecular flexibility index (Phi) is 8.28. The summed E-state index contributed by atoms with van der Waals surface area (Å²) in [7, 11) is -3.97. The summed E-state index contributed by atoms with van der Waals surface area (Å²) in [6.45, 7) is 1.38. The van der Waals surface area contributed by atoms with Crippen molar-refractivity contribution in [2.24, 2.45) is 16.5 Å². The van der Waals surface area contributed by atoms with Crippen molar-refractivity contribution >= 4 is 39.2 Å². The molecule has 0 bridgehead atoms. The molecule has 0 saturated heterocycles. The van der Waals surface area contributed by atoms with Crippen LogP contribution in [0.25, 0.3) is 0 Å². The molecule has 0 aliphatic carbocycles. The Hall–Kier alpha value is -4.38. The van der Waals surface area contributed by atoms with E-state index in [-0.39, 0.29) is 23.0 Å². The lowest BCUT2D eigenvalue weighted by Crippen LogP contribution is -2.38. The molecule has 2 unspecified atom stereocenters. The van der Waals surface area contributed by atoms with E-state index in [0.717, 1.165) is 5.56 Å². The van der Waals surface area contributed by atoms with E-state index >= 15 is 0 Å². The number of aliphatic imine (C=N–C) groups is 1. The van der Waals surface area contributed by atoms with E-state index in [1.54, 1.807) is 30.3 Å². The van der Waals surface area contributed by atoms with Crippen LogP contribution in [0.3, 0.4) is 0 Å². The number of carbonyl (C=O) groups is 2. The summed E-state index contributed by atoms with van der Waals surface area (Å²) in [5.74, 6) is -2.22. The number of amides is 1. The summed E-state index contributed by atoms with van der Waals surface area (Å²) in [5, 5.41) is 11.6. The summed E-state index contributed by atoms with van der Waals surface area (Å²) in [4.78, 5) is 27.6. The van der Waals surface area contributed by atoms with Gasteiger partial charge in [0.2, 0.25) is 5.91 Å². The fourth-order valence-corrected chi connectivity index (χ4v) is 4.65. The molecule has 3 rings (SSSR count). The van der Waals surface area contributed by atoms with Crippen LogP contribution in [0.15, 0.2) is 88.8 Å². The number of aliphatic carboxylic acids is 1. The Balaban J connectivity index is 1.90. The Bertz CT molecular complexity index is 1370. The van der Waals surface area contributed by atoms with Gasteiger partial charge >= 0.3 is 5.97 Å². The van der Waals surface area contributed by atoms with Crippen molar-refractivity contribution in [3.05, 3.63) is 90.0 Å². The molecule has 0 fully saturated rings. The minimum Gasteiger partial charge on any atom is -0.480 e. The lowest BCUT2D eigenvalue weighted by Gasteiger charge is -2.20. The zero-order valence-corrected chi connectivity index (χ0v) is 20.3. The van der Waals surface area contributed by atoms with Gasteiger partial charge in [-0.05, 0) is 48.4 Å². The molecule has 11 heteroatoms. The fourth-order valence-electron chi connectivity index (χ4n) is 3.56. The number of anilines is 1. The predicted octanol–water partition coefficient (Wildman–Crippen LogP) is 2.50. The summed E-state index contributed by atoms with van der Waals surface area (Å²) >= 11 is 0. The zero-order chi connectivity index (χ0) is 26.3. The number of carboxylic acids is 1. The van der Waals surface area contributed by atoms with Gasteiger partial charge in [0, 0.05) is 18.0 Å². The van der Waals surface area contributed by atoms with Crippen LogP contribution >= 0.6 is 0 Å². The van der Waals surface area contributed by atoms with Crippen LogP contribution in [-0.2, 0) is 19.6 Å². The highest BCUT2D eigenvalue weighted by atomic mass is 32.2. The maximum Gasteiger partial charge on any atom is 0.325 e. The Morgan fingerprint density at radius 2 is 1.61 bits per heavy atom. The van der Waals surface area contributed by atoms with Gasteiger partial charge < -0.3 is 21.9 Å². The maximum atomic E-state index is 13.0. The van der Waals surface area contributed by atoms with Gasteiger partial charge in [-0.25, -0.2) is 13.4 Å². The molecule has 188 valence electrons. The molecule has 1 amide bonds. The standard InChI is InChI=1S/C25H27N5O5S/c1-16(24(32)33)28-23(31)15-22(17-7-3-2-4-8-17)18-9-5-11-20(13-18)30-36(34,35)21-12-6-10-19(14-21)29-25(26)27/h2-14,16,22,30H,15H2,1H3,(H,28,31)(H,32,33)(H4,26,27,29). The van der Waals surface area contributed by atoms with Gasteiger partial charge in [0.05, 0.1) is 10.6 Å². The van der Waals surface area contributed by atoms with Gasteiger partial charge in [0.1, 0.15) is 6.04 Å². The lowest BCUT2D eigenvalue weighted by molar-refractivity contribution is -0.141. The zero-order valence-electron chi connectivity index (χ0n) is 19.5. The van der Waals surface area contributed by atoms with Crippen LogP contribution in [0.4, 0.5) is 11.4 Å². The van der Waals surface area contributed by atoms with Gasteiger partial charge in [-0.15, -0.1) is 0 Å². The van der Waals surface area contributed by atoms with Gasteiger partial charge in [-0.2, -0.15) is 0 Å². The molecule has 0 aliphatic heterocycles. The number of sulfonamides is 1. The summed E-state index contributed by atoms with van der Waals surface area (Å²) < 4.78 is 28.6. The highest BCUT2D eigenvalue weighted by molar-refractivity contribution is 7.92. The van der Waals surface area contributed by atoms with Crippen molar-refractivity contribution in [1.82, 2.24) is 5.32 Å². The van der Waals surface area contributed by atoms with Crippen LogP contribution in [0.5, 0.6) is 0 Å². The molecule has 0 spiro atoms. The van der Waals surface area contributed by atoms with Gasteiger partial charge in [-0.3, -0.25) is 14.3 Å². The number of nitrogens with zero attached hydrogens (tertiary/aromatic N) is 1. The molecule has 0 aliphatic rings. The molecule has 0 aromatic heterocycles. The number of carbonyl (C=O) groups excluding carboxylic acids is 1. The quantitative estimate of drug-likeness (QED) is 0.206. The maximum absolute atomic E-state index is 13.0. The van der Waals surface area contributed by atoms with Crippen LogP contribution < -0.4 is 21.5 Å². The first kappa shape index (κ1) is 26.2. The number of guanidine groups is 1. The minimum absolute atomic E-state index is 0.0294. The van der Waals surface area contributed by atoms with Gasteiger partial charge in [0.25, 0.3) is 10.0 Å². The van der Waals surface area contributed by atoms with Crippen LogP contribution in [0.1, 0.15) is 30.4 Å². The third-order valence-corrected chi connectivity index (χ3v) is 6.65. The molecule has 36 heavy (non-hydrogen) atoms. The Morgan fingerprint density at radius 1 is 0.944 bits per heavy atom. The topological polar surface area (TPSA) is 177 Å². The molecule has 0 radical (unpaired) electrons. The van der Waals surface area contributed by atoms with E-state index < -0.39 is 33.9 Å². The molecule has 10 nitrogen and oxygen atoms in total. The van der Waals surface area contributed by atoms with Gasteiger partial charge in [-0.1, -0.05) is 48.5 Å². The van der Waals surface area contributed by atoms with E-state index in [9.17, 15) is 18.0 Å². The molecule has 7 N–H and O–H groups in total. The van der Waals surface area contributed by atoms with Crippen LogP contribution in [0, 0.1) is 0 Å². The second-order valence-corrected chi connectivity index (χ2v) is 9.74. The highest BCUT2D eigenvalue weighted by Gasteiger charge is 2.22. The molecule has 0 heterocycles. The van der Waals surface area contributed by atoms with E-state index in [1.165, 1.54) is 25.1 Å². The number of nitrogens with two attached hydrogens (primary N) is 2. The van der Waals surface area contributed by atoms with Crippen molar-refractivity contribution in [2.45, 2.75) is 30.2 Å². The summed E-state index contributed by atoms with van der Waals surface area (Å²) in [6.07, 6.45) is -0.0294. The monoisotopic (exact) mass is 509 g/mol. The molecule has 3 aromatic carbocycles. The van der Waals surface area contributed by atoms with Crippen LogP contribution in [-0.4, -0.2) is 37.4 Å².